The van der Waals surface area contributed by atoms with Gasteiger partial charge in [0.15, 0.2) is 0 Å². The second-order valence-electron chi connectivity index (χ2n) is 7.86. The van der Waals surface area contributed by atoms with Gasteiger partial charge in [-0.2, -0.15) is 0 Å². The Labute approximate surface area is 159 Å². The highest BCUT2D eigenvalue weighted by Gasteiger charge is 2.21. The molecule has 2 aromatic carbocycles. The number of hydrogen-bond acceptors (Lipinski definition) is 1. The van der Waals surface area contributed by atoms with E-state index >= 15 is 0 Å². The molecule has 0 aromatic heterocycles. The highest BCUT2D eigenvalue weighted by molar-refractivity contribution is 5.49. The van der Waals surface area contributed by atoms with E-state index in [1.807, 2.05) is 0 Å². The monoisotopic (exact) mass is 347 g/mol. The minimum atomic E-state index is 0.384. The van der Waals surface area contributed by atoms with E-state index in [-0.39, 0.29) is 0 Å². The number of unbranched alkanes of at least 4 members (excludes halogenated alkanes) is 2. The first kappa shape index (κ1) is 18.9. The molecular weight excluding hydrogens is 314 g/mol. The van der Waals surface area contributed by atoms with Crippen molar-refractivity contribution in [3.05, 3.63) is 82.4 Å². The average molecular weight is 348 g/mol. The molecule has 3 rings (SSSR count). The lowest BCUT2D eigenvalue weighted by Gasteiger charge is -2.19. The molecule has 1 aliphatic carbocycles. The van der Waals surface area contributed by atoms with E-state index in [0.717, 1.165) is 19.4 Å². The van der Waals surface area contributed by atoms with Gasteiger partial charge in [0.2, 0.25) is 0 Å². The van der Waals surface area contributed by atoms with Crippen LogP contribution in [0.3, 0.4) is 0 Å². The Morgan fingerprint density at radius 3 is 2.50 bits per heavy atom. The maximum atomic E-state index is 2.50. The van der Waals surface area contributed by atoms with Gasteiger partial charge in [-0.1, -0.05) is 74.4 Å². The fraction of sp³-hybridized carbons (Fsp3) is 0.440. The molecule has 0 amide bonds. The van der Waals surface area contributed by atoms with Gasteiger partial charge in [-0.25, -0.2) is 0 Å². The van der Waals surface area contributed by atoms with Gasteiger partial charge in [-0.05, 0) is 67.6 Å². The zero-order chi connectivity index (χ0) is 18.4. The molecule has 0 fully saturated rings. The molecule has 0 heterocycles. The second kappa shape index (κ2) is 9.19. The van der Waals surface area contributed by atoms with Crippen LogP contribution in [0.1, 0.15) is 59.9 Å². The Bertz CT molecular complexity index is 742. The van der Waals surface area contributed by atoms with Crippen LogP contribution in [0.2, 0.25) is 0 Å². The maximum Gasteiger partial charge on any atom is 0.0275 e. The minimum Gasteiger partial charge on any atom is -0.306 e. The van der Waals surface area contributed by atoms with E-state index in [2.05, 4.69) is 80.5 Å². The van der Waals surface area contributed by atoms with Gasteiger partial charge in [-0.3, -0.25) is 0 Å². The summed E-state index contributed by atoms with van der Waals surface area (Å²) in [5.41, 5.74) is 7.56. The third kappa shape index (κ3) is 4.65. The van der Waals surface area contributed by atoms with Crippen LogP contribution < -0.4 is 0 Å². The summed E-state index contributed by atoms with van der Waals surface area (Å²) < 4.78 is 0. The molecule has 1 aliphatic rings. The minimum absolute atomic E-state index is 0.384. The summed E-state index contributed by atoms with van der Waals surface area (Å²) >= 11 is 0. The predicted octanol–water partition coefficient (Wildman–Crippen LogP) is 5.77. The molecule has 0 bridgehead atoms. The lowest BCUT2D eigenvalue weighted by molar-refractivity contribution is 0.456. The van der Waals surface area contributed by atoms with Gasteiger partial charge in [0.1, 0.15) is 0 Å². The summed E-state index contributed by atoms with van der Waals surface area (Å²) in [6, 6.07) is 16.3. The number of allylic oxidation sites excluding steroid dienone is 1. The van der Waals surface area contributed by atoms with Crippen molar-refractivity contribution >= 4 is 0 Å². The van der Waals surface area contributed by atoms with Crippen LogP contribution in [0.5, 0.6) is 0 Å². The van der Waals surface area contributed by atoms with Gasteiger partial charge < -0.3 is 4.90 Å². The molecule has 0 saturated heterocycles. The normalized spacial score (nSPS) is 16.5. The van der Waals surface area contributed by atoms with Crippen LogP contribution in [-0.4, -0.2) is 25.5 Å². The number of hydrogen-bond donors (Lipinski definition) is 0. The molecule has 26 heavy (non-hydrogen) atoms. The fourth-order valence-electron chi connectivity index (χ4n) is 4.01. The number of fused-ring (bicyclic) bond motifs is 2. The van der Waals surface area contributed by atoms with Gasteiger partial charge in [0.25, 0.3) is 0 Å². The summed E-state index contributed by atoms with van der Waals surface area (Å²) in [6.45, 7) is 3.27. The average Bonchev–Trinajstić information content (AvgIpc) is 2.79. The van der Waals surface area contributed by atoms with Crippen LogP contribution in [0, 0.1) is 0 Å². The molecule has 2 aromatic rings. The largest absolute Gasteiger partial charge is 0.306 e. The van der Waals surface area contributed by atoms with Crippen molar-refractivity contribution in [2.24, 2.45) is 0 Å². The van der Waals surface area contributed by atoms with Gasteiger partial charge in [0, 0.05) is 12.5 Å². The molecule has 0 radical (unpaired) electrons. The molecule has 1 nitrogen and oxygen atoms in total. The van der Waals surface area contributed by atoms with E-state index < -0.39 is 0 Å². The molecule has 0 aliphatic heterocycles. The van der Waals surface area contributed by atoms with E-state index in [4.69, 9.17) is 0 Å². The van der Waals surface area contributed by atoms with Crippen LogP contribution in [-0.2, 0) is 19.3 Å². The number of nitrogens with zero attached hydrogens (tertiary/aromatic N) is 1. The fourth-order valence-corrected chi connectivity index (χ4v) is 4.01. The van der Waals surface area contributed by atoms with E-state index in [1.165, 1.54) is 53.5 Å². The first-order valence-electron chi connectivity index (χ1n) is 10.2. The highest BCUT2D eigenvalue weighted by atomic mass is 15.0. The zero-order valence-electron chi connectivity index (χ0n) is 16.7. The lowest BCUT2D eigenvalue weighted by Crippen LogP contribution is -2.11. The molecule has 138 valence electrons. The first-order valence-corrected chi connectivity index (χ1v) is 10.2. The van der Waals surface area contributed by atoms with Crippen LogP contribution in [0.15, 0.2) is 54.6 Å². The molecule has 1 atom stereocenters. The standard InChI is InChI=1S/C25H33N/c1-4-5-6-10-20-14-15-22-17-16-21-11-7-8-12-23(21)24(25(22)19-20)13-9-18-26(2)3/h7-9,11-15,19,24H,4-6,10,16-18H2,1-3H3/b13-9+. The highest BCUT2D eigenvalue weighted by Crippen LogP contribution is 2.36. The number of aryl methyl sites for hydroxylation is 3. The molecule has 1 heteroatoms. The Hall–Kier alpha value is -1.86. The van der Waals surface area contributed by atoms with Gasteiger partial charge >= 0.3 is 0 Å². The Balaban J connectivity index is 1.97. The zero-order valence-corrected chi connectivity index (χ0v) is 16.7. The Morgan fingerprint density at radius 1 is 0.962 bits per heavy atom. The number of likely N-dealkylation sites (N-methyl/N-ethyl adjacent to an activating group) is 1. The molecule has 0 N–H and O–H groups in total. The Kier molecular flexibility index (Phi) is 6.68. The SMILES string of the molecule is CCCCCc1ccc2c(c1)C(/C=C/CN(C)C)c1ccccc1CC2. The van der Waals surface area contributed by atoms with Crippen molar-refractivity contribution in [2.75, 3.05) is 20.6 Å². The lowest BCUT2D eigenvalue weighted by atomic mass is 9.86. The predicted molar refractivity (Wildman–Crippen MR) is 113 cm³/mol. The topological polar surface area (TPSA) is 3.24 Å². The van der Waals surface area contributed by atoms with Crippen LogP contribution in [0.25, 0.3) is 0 Å². The summed E-state index contributed by atoms with van der Waals surface area (Å²) in [5, 5.41) is 0. The van der Waals surface area contributed by atoms with Crippen molar-refractivity contribution in [1.29, 1.82) is 0 Å². The van der Waals surface area contributed by atoms with Crippen molar-refractivity contribution in [2.45, 2.75) is 51.4 Å². The molecule has 0 spiro atoms. The first-order chi connectivity index (χ1) is 12.7. The summed E-state index contributed by atoms with van der Waals surface area (Å²) in [5.74, 6) is 0.384. The summed E-state index contributed by atoms with van der Waals surface area (Å²) in [7, 11) is 4.26. The van der Waals surface area contributed by atoms with Crippen LogP contribution >= 0.6 is 0 Å². The second-order valence-corrected chi connectivity index (χ2v) is 7.86. The van der Waals surface area contributed by atoms with E-state index in [1.54, 1.807) is 0 Å². The number of benzene rings is 2. The van der Waals surface area contributed by atoms with E-state index in [0.29, 0.717) is 5.92 Å². The quantitative estimate of drug-likeness (QED) is 0.454. The Morgan fingerprint density at radius 2 is 1.73 bits per heavy atom. The maximum absolute atomic E-state index is 2.50. The van der Waals surface area contributed by atoms with Crippen LogP contribution in [0.4, 0.5) is 0 Å². The molecule has 1 unspecified atom stereocenters. The summed E-state index contributed by atoms with van der Waals surface area (Å²) in [6.07, 6.45) is 12.2. The van der Waals surface area contributed by atoms with E-state index in [9.17, 15) is 0 Å². The van der Waals surface area contributed by atoms with Crippen molar-refractivity contribution in [3.8, 4) is 0 Å². The van der Waals surface area contributed by atoms with Crippen molar-refractivity contribution in [3.63, 3.8) is 0 Å². The van der Waals surface area contributed by atoms with Crippen molar-refractivity contribution < 1.29 is 0 Å². The van der Waals surface area contributed by atoms with Gasteiger partial charge in [-0.15, -0.1) is 0 Å². The third-order valence-electron chi connectivity index (χ3n) is 5.47. The summed E-state index contributed by atoms with van der Waals surface area (Å²) in [4.78, 5) is 2.22. The van der Waals surface area contributed by atoms with Gasteiger partial charge in [0.05, 0.1) is 0 Å². The molecule has 0 saturated carbocycles. The number of rotatable bonds is 7. The molecular formula is C25H33N. The van der Waals surface area contributed by atoms with Crippen molar-refractivity contribution in [1.82, 2.24) is 4.90 Å². The third-order valence-corrected chi connectivity index (χ3v) is 5.47. The smallest absolute Gasteiger partial charge is 0.0275 e.